The lowest BCUT2D eigenvalue weighted by atomic mass is 10.2. The summed E-state index contributed by atoms with van der Waals surface area (Å²) >= 11 is 1.49. The molecule has 0 aliphatic heterocycles. The molecule has 2 N–H and O–H groups in total. The maximum Gasteiger partial charge on any atom is 0.269 e. The molecule has 0 spiro atoms. The lowest BCUT2D eigenvalue weighted by molar-refractivity contribution is -0.384. The standard InChI is InChI=1S/C27H28N4O5S/c1-19(2)36-24-14-8-20(9-15-24)16-28-30-27(33)25(18-37-17-21-6-4-3-5-7-21)29-26(32)22-10-12-23(13-11-22)31(34)35/h3-16,19,25H,17-18H2,1-2H3,(H,29,32)(H,30,33). The molecule has 3 aromatic rings. The number of nitro groups is 1. The summed E-state index contributed by atoms with van der Waals surface area (Å²) < 4.78 is 5.61. The second-order valence-electron chi connectivity index (χ2n) is 8.30. The average Bonchev–Trinajstić information content (AvgIpc) is 2.89. The van der Waals surface area contributed by atoms with E-state index in [-0.39, 0.29) is 17.4 Å². The van der Waals surface area contributed by atoms with Crippen LogP contribution in [0.1, 0.15) is 35.3 Å². The van der Waals surface area contributed by atoms with Gasteiger partial charge >= 0.3 is 0 Å². The monoisotopic (exact) mass is 520 g/mol. The zero-order chi connectivity index (χ0) is 26.6. The van der Waals surface area contributed by atoms with Gasteiger partial charge in [0.1, 0.15) is 11.8 Å². The molecule has 0 aromatic heterocycles. The van der Waals surface area contributed by atoms with Gasteiger partial charge in [-0.3, -0.25) is 19.7 Å². The second-order valence-corrected chi connectivity index (χ2v) is 9.33. The van der Waals surface area contributed by atoms with E-state index in [1.165, 1.54) is 42.2 Å². The van der Waals surface area contributed by atoms with Crippen molar-refractivity contribution in [3.8, 4) is 5.75 Å². The van der Waals surface area contributed by atoms with Crippen molar-refractivity contribution in [2.24, 2.45) is 5.10 Å². The van der Waals surface area contributed by atoms with E-state index >= 15 is 0 Å². The fourth-order valence-corrected chi connectivity index (χ4v) is 4.20. The number of hydrogen-bond acceptors (Lipinski definition) is 7. The number of hydrogen-bond donors (Lipinski definition) is 2. The number of nitrogens with one attached hydrogen (secondary N) is 2. The minimum Gasteiger partial charge on any atom is -0.491 e. The molecule has 3 aromatic carbocycles. The molecule has 1 unspecified atom stereocenters. The normalized spacial score (nSPS) is 11.8. The summed E-state index contributed by atoms with van der Waals surface area (Å²) in [6, 6.07) is 21.4. The number of carbonyl (C=O) groups excluding carboxylic acids is 2. The van der Waals surface area contributed by atoms with E-state index in [2.05, 4.69) is 15.8 Å². The molecular weight excluding hydrogens is 492 g/mol. The van der Waals surface area contributed by atoms with Crippen LogP contribution >= 0.6 is 11.8 Å². The van der Waals surface area contributed by atoms with E-state index in [0.717, 1.165) is 16.9 Å². The molecule has 2 amide bonds. The molecule has 1 atom stereocenters. The van der Waals surface area contributed by atoms with Crippen LogP contribution in [0.4, 0.5) is 5.69 Å². The van der Waals surface area contributed by atoms with E-state index in [1.54, 1.807) is 0 Å². The van der Waals surface area contributed by atoms with Crippen molar-refractivity contribution in [2.45, 2.75) is 31.7 Å². The summed E-state index contributed by atoms with van der Waals surface area (Å²) in [5, 5.41) is 17.6. The first-order valence-electron chi connectivity index (χ1n) is 11.6. The molecule has 0 heterocycles. The van der Waals surface area contributed by atoms with Crippen LogP contribution in [0.25, 0.3) is 0 Å². The van der Waals surface area contributed by atoms with Gasteiger partial charge in [-0.1, -0.05) is 30.3 Å². The van der Waals surface area contributed by atoms with Crippen molar-refractivity contribution in [1.82, 2.24) is 10.7 Å². The Morgan fingerprint density at radius 3 is 2.32 bits per heavy atom. The summed E-state index contributed by atoms with van der Waals surface area (Å²) in [6.07, 6.45) is 1.57. The van der Waals surface area contributed by atoms with Gasteiger partial charge in [0.25, 0.3) is 17.5 Å². The molecule has 10 heteroatoms. The van der Waals surface area contributed by atoms with Gasteiger partial charge in [0, 0.05) is 29.2 Å². The van der Waals surface area contributed by atoms with Gasteiger partial charge in [-0.05, 0) is 61.4 Å². The van der Waals surface area contributed by atoms with Gasteiger partial charge in [-0.15, -0.1) is 0 Å². The Hall–Kier alpha value is -4.18. The number of carbonyl (C=O) groups is 2. The van der Waals surface area contributed by atoms with Gasteiger partial charge in [-0.25, -0.2) is 5.43 Å². The lowest BCUT2D eigenvalue weighted by Gasteiger charge is -2.17. The van der Waals surface area contributed by atoms with Crippen molar-refractivity contribution in [3.05, 3.63) is 106 Å². The van der Waals surface area contributed by atoms with E-state index < -0.39 is 22.8 Å². The van der Waals surface area contributed by atoms with Crippen LogP contribution < -0.4 is 15.5 Å². The van der Waals surface area contributed by atoms with Crippen LogP contribution in [0.3, 0.4) is 0 Å². The van der Waals surface area contributed by atoms with Crippen molar-refractivity contribution in [1.29, 1.82) is 0 Å². The van der Waals surface area contributed by atoms with E-state index in [9.17, 15) is 19.7 Å². The number of nitrogens with zero attached hydrogens (tertiary/aromatic N) is 2. The molecule has 37 heavy (non-hydrogen) atoms. The number of thioether (sulfide) groups is 1. The first-order valence-corrected chi connectivity index (χ1v) is 12.7. The Morgan fingerprint density at radius 2 is 1.70 bits per heavy atom. The van der Waals surface area contributed by atoms with Gasteiger partial charge in [0.15, 0.2) is 0 Å². The zero-order valence-electron chi connectivity index (χ0n) is 20.5. The fraction of sp³-hybridized carbons (Fsp3) is 0.222. The Bertz CT molecular complexity index is 1220. The molecule has 0 fully saturated rings. The van der Waals surface area contributed by atoms with Crippen LogP contribution in [0.15, 0.2) is 84.0 Å². The first kappa shape index (κ1) is 27.4. The number of benzene rings is 3. The van der Waals surface area contributed by atoms with Crippen LogP contribution in [0.2, 0.25) is 0 Å². The lowest BCUT2D eigenvalue weighted by Crippen LogP contribution is -2.47. The summed E-state index contributed by atoms with van der Waals surface area (Å²) in [5.74, 6) is 0.704. The number of non-ortho nitro benzene ring substituents is 1. The molecule has 0 saturated heterocycles. The molecule has 0 bridgehead atoms. The molecule has 192 valence electrons. The number of rotatable bonds is 12. The molecule has 3 rings (SSSR count). The van der Waals surface area contributed by atoms with Crippen LogP contribution in [0.5, 0.6) is 5.75 Å². The Balaban J connectivity index is 1.64. The minimum absolute atomic E-state index is 0.0664. The number of nitro benzene ring substituents is 1. The quantitative estimate of drug-likeness (QED) is 0.205. The maximum absolute atomic E-state index is 12.9. The highest BCUT2D eigenvalue weighted by Crippen LogP contribution is 2.15. The number of amides is 2. The zero-order valence-corrected chi connectivity index (χ0v) is 21.3. The molecule has 0 saturated carbocycles. The third kappa shape index (κ3) is 9.08. The maximum atomic E-state index is 12.9. The summed E-state index contributed by atoms with van der Waals surface area (Å²) in [4.78, 5) is 36.0. The fourth-order valence-electron chi connectivity index (χ4n) is 3.18. The van der Waals surface area contributed by atoms with E-state index in [1.807, 2.05) is 68.4 Å². The Kier molecular flexibility index (Phi) is 10.2. The highest BCUT2D eigenvalue weighted by molar-refractivity contribution is 7.98. The number of ether oxygens (including phenoxy) is 1. The summed E-state index contributed by atoms with van der Waals surface area (Å²) in [6.45, 7) is 3.89. The van der Waals surface area contributed by atoms with Crippen molar-refractivity contribution in [2.75, 3.05) is 5.75 Å². The second kappa shape index (κ2) is 13.8. The summed E-state index contributed by atoms with van der Waals surface area (Å²) in [7, 11) is 0. The third-order valence-corrected chi connectivity index (χ3v) is 6.10. The molecule has 0 aliphatic carbocycles. The highest BCUT2D eigenvalue weighted by Gasteiger charge is 2.22. The number of hydrazone groups is 1. The van der Waals surface area contributed by atoms with E-state index in [4.69, 9.17) is 4.74 Å². The first-order chi connectivity index (χ1) is 17.8. The summed E-state index contributed by atoms with van der Waals surface area (Å²) in [5.41, 5.74) is 4.44. The Morgan fingerprint density at radius 1 is 1.03 bits per heavy atom. The smallest absolute Gasteiger partial charge is 0.269 e. The molecule has 0 aliphatic rings. The van der Waals surface area contributed by atoms with Crippen molar-refractivity contribution >= 4 is 35.5 Å². The van der Waals surface area contributed by atoms with Crippen molar-refractivity contribution in [3.63, 3.8) is 0 Å². The van der Waals surface area contributed by atoms with Crippen LogP contribution in [-0.2, 0) is 10.5 Å². The van der Waals surface area contributed by atoms with Crippen LogP contribution in [-0.4, -0.2) is 40.9 Å². The van der Waals surface area contributed by atoms with Crippen LogP contribution in [0, 0.1) is 10.1 Å². The van der Waals surface area contributed by atoms with Gasteiger partial charge in [-0.2, -0.15) is 16.9 Å². The molecule has 9 nitrogen and oxygen atoms in total. The van der Waals surface area contributed by atoms with Crippen molar-refractivity contribution < 1.29 is 19.2 Å². The largest absolute Gasteiger partial charge is 0.491 e. The molecule has 0 radical (unpaired) electrons. The van der Waals surface area contributed by atoms with Gasteiger partial charge in [0.2, 0.25) is 0 Å². The SMILES string of the molecule is CC(C)Oc1ccc(C=NNC(=O)C(CSCc2ccccc2)NC(=O)c2ccc([N+](=O)[O-])cc2)cc1. The van der Waals surface area contributed by atoms with Gasteiger partial charge in [0.05, 0.1) is 17.2 Å². The molecular formula is C27H28N4O5S. The van der Waals surface area contributed by atoms with E-state index in [0.29, 0.717) is 11.5 Å². The third-order valence-electron chi connectivity index (χ3n) is 5.00. The van der Waals surface area contributed by atoms with Gasteiger partial charge < -0.3 is 10.1 Å². The topological polar surface area (TPSA) is 123 Å². The predicted molar refractivity (Wildman–Crippen MR) is 145 cm³/mol. The predicted octanol–water partition coefficient (Wildman–Crippen LogP) is 4.56. The average molecular weight is 521 g/mol. The Labute approximate surface area is 219 Å². The minimum atomic E-state index is -0.879. The highest BCUT2D eigenvalue weighted by atomic mass is 32.2.